The molecule has 92 heavy (non-hydrogen) atoms. The second-order valence-corrected chi connectivity index (χ2v) is 20.0. The van der Waals surface area contributed by atoms with Gasteiger partial charge in [0.2, 0.25) is 23.3 Å². The quantitative estimate of drug-likeness (QED) is 0.0755. The van der Waals surface area contributed by atoms with E-state index in [0.29, 0.717) is 0 Å². The lowest BCUT2D eigenvalue weighted by Crippen LogP contribution is -2.22. The van der Waals surface area contributed by atoms with Crippen molar-refractivity contribution >= 4 is 44.9 Å². The van der Waals surface area contributed by atoms with Gasteiger partial charge in [-0.3, -0.25) is 9.97 Å². The molecule has 3 aliphatic rings. The zero-order chi connectivity index (χ0) is 65.2. The Morgan fingerprint density at radius 1 is 0.228 bits per heavy atom. The maximum atomic E-state index is 16.4. The number of aromatic amines is 4. The molecule has 13 rings (SSSR count). The first kappa shape index (κ1) is 59.6. The molecule has 3 aliphatic heterocycles. The first-order chi connectivity index (χ1) is 44.0. The summed E-state index contributed by atoms with van der Waals surface area (Å²) < 4.78 is 314. The Morgan fingerprint density at radius 2 is 0.478 bits per heavy atom. The van der Waals surface area contributed by atoms with Crippen LogP contribution in [0.15, 0.2) is 143 Å². The number of halogens is 20. The molecule has 0 aliphatic carbocycles. The van der Waals surface area contributed by atoms with Crippen LogP contribution in [0.25, 0.3) is 33.4 Å². The average molecular weight is 1280 g/mol. The van der Waals surface area contributed by atoms with Gasteiger partial charge >= 0.3 is 0 Å². The smallest absolute Gasteiger partial charge is 0.200 e. The van der Waals surface area contributed by atoms with Crippen molar-refractivity contribution in [2.24, 2.45) is 9.98 Å². The normalized spacial score (nSPS) is 14.2. The number of allylic oxidation sites excluding steroid dienone is 4. The van der Waals surface area contributed by atoms with Gasteiger partial charge in [-0.2, -0.15) is 0 Å². The first-order valence-corrected chi connectivity index (χ1v) is 26.2. The summed E-state index contributed by atoms with van der Waals surface area (Å²) in [5.74, 6) is -50.5. The molecule has 28 heteroatoms. The largest absolute Gasteiger partial charge is 0.354 e. The summed E-state index contributed by atoms with van der Waals surface area (Å²) >= 11 is 0. The highest BCUT2D eigenvalue weighted by Crippen LogP contribution is 2.41. The number of aliphatic imine (C=N–C) groups is 2. The lowest BCUT2D eigenvalue weighted by atomic mass is 9.98. The number of H-pyrrole nitrogens is 4. The number of aromatic nitrogens is 6. The molecule has 4 aromatic carbocycles. The lowest BCUT2D eigenvalue weighted by molar-refractivity contribution is 0.376. The molecular formula is C64H24F20N8. The Morgan fingerprint density at radius 3 is 0.750 bits per heavy atom. The molecule has 0 spiro atoms. The first-order valence-electron chi connectivity index (χ1n) is 26.2. The van der Waals surface area contributed by atoms with E-state index in [1.807, 2.05) is 0 Å². The highest BCUT2D eigenvalue weighted by Gasteiger charge is 2.37. The molecule has 0 saturated heterocycles. The van der Waals surface area contributed by atoms with Gasteiger partial charge in [0.1, 0.15) is 0 Å². The van der Waals surface area contributed by atoms with Crippen LogP contribution in [0, 0.1) is 116 Å². The maximum absolute atomic E-state index is 16.4. The van der Waals surface area contributed by atoms with E-state index in [4.69, 9.17) is 0 Å². The minimum Gasteiger partial charge on any atom is -0.354 e. The van der Waals surface area contributed by atoms with E-state index in [2.05, 4.69) is 39.9 Å². The van der Waals surface area contributed by atoms with Gasteiger partial charge in [0.05, 0.1) is 78.5 Å². The van der Waals surface area contributed by atoms with E-state index >= 15 is 70.2 Å². The van der Waals surface area contributed by atoms with Crippen LogP contribution in [0.3, 0.4) is 0 Å². The van der Waals surface area contributed by atoms with Crippen LogP contribution in [-0.2, 0) is 0 Å². The highest BCUT2D eigenvalue weighted by molar-refractivity contribution is 6.31. The molecule has 0 fully saturated rings. The Labute approximate surface area is 498 Å². The van der Waals surface area contributed by atoms with E-state index in [-0.39, 0.29) is 44.6 Å². The third-order valence-corrected chi connectivity index (χ3v) is 14.9. The molecule has 9 heterocycles. The fraction of sp³-hybridized carbons (Fsp3) is 0. The Hall–Kier alpha value is -11.3. The van der Waals surface area contributed by atoms with Crippen molar-refractivity contribution in [2.75, 3.05) is 0 Å². The minimum absolute atomic E-state index is 0.114. The minimum atomic E-state index is -2.64. The monoisotopic (exact) mass is 1280 g/mol. The molecule has 4 N–H and O–H groups in total. The zero-order valence-electron chi connectivity index (χ0n) is 44.9. The molecular weight excluding hydrogens is 1260 g/mol. The summed E-state index contributed by atoms with van der Waals surface area (Å²) in [5, 5.41) is -1.82. The van der Waals surface area contributed by atoms with Crippen molar-refractivity contribution < 1.29 is 87.8 Å². The molecule has 8 nitrogen and oxygen atoms in total. The predicted molar refractivity (Wildman–Crippen MR) is 289 cm³/mol. The van der Waals surface area contributed by atoms with E-state index in [1.54, 1.807) is 0 Å². The van der Waals surface area contributed by atoms with Crippen molar-refractivity contribution in [1.29, 1.82) is 0 Å². The summed E-state index contributed by atoms with van der Waals surface area (Å²) in [4.78, 5) is 28.2. The SMILES string of the molecule is Fc1c(F)c(F)c(C2=C3C=CC(=N3)C(c3c(F)c(F)c(F)c(F)c3F)=c3ccc([nH]3)=C(c3ccccn3)c3ccc([nH]3)C(c3c(F)c(F)c(F)c(F)c3F)=C3C=CC(=N3)C(c3c(F)c(F)c(F)c(F)c3F)=c3ccc([nH]3)=C(c3ccccn3)c3ccc2[nH]3)c(F)c1F. The molecule has 0 unspecified atom stereocenters. The van der Waals surface area contributed by atoms with E-state index in [1.165, 1.54) is 48.8 Å². The highest BCUT2D eigenvalue weighted by atomic mass is 19.2. The van der Waals surface area contributed by atoms with Crippen LogP contribution in [0.5, 0.6) is 0 Å². The maximum Gasteiger partial charge on any atom is 0.200 e. The summed E-state index contributed by atoms with van der Waals surface area (Å²) in [7, 11) is 0. The number of hydrogen-bond donors (Lipinski definition) is 4. The van der Waals surface area contributed by atoms with Gasteiger partial charge < -0.3 is 19.9 Å². The van der Waals surface area contributed by atoms with E-state index in [0.717, 1.165) is 72.8 Å². The van der Waals surface area contributed by atoms with Crippen molar-refractivity contribution in [3.05, 3.63) is 327 Å². The van der Waals surface area contributed by atoms with Gasteiger partial charge in [0, 0.05) is 67.9 Å². The van der Waals surface area contributed by atoms with Crippen molar-refractivity contribution in [3.8, 4) is 0 Å². The second kappa shape index (κ2) is 22.3. The summed E-state index contributed by atoms with van der Waals surface area (Å²) in [6.45, 7) is 0. The molecule has 6 aromatic heterocycles. The van der Waals surface area contributed by atoms with E-state index < -0.39 is 206 Å². The van der Waals surface area contributed by atoms with Crippen LogP contribution in [0.1, 0.15) is 56.4 Å². The number of pyridine rings is 2. The molecule has 10 aromatic rings. The molecule has 0 atom stereocenters. The molecule has 0 saturated carbocycles. The van der Waals surface area contributed by atoms with Crippen LogP contribution < -0.4 is 21.4 Å². The fourth-order valence-corrected chi connectivity index (χ4v) is 10.8. The molecule has 12 bridgehead atoms. The zero-order valence-corrected chi connectivity index (χ0v) is 44.9. The van der Waals surface area contributed by atoms with Gasteiger partial charge in [-0.15, -0.1) is 0 Å². The van der Waals surface area contributed by atoms with Crippen LogP contribution in [0.4, 0.5) is 87.8 Å². The van der Waals surface area contributed by atoms with Crippen molar-refractivity contribution in [1.82, 2.24) is 29.9 Å². The Bertz CT molecular complexity index is 4950. The van der Waals surface area contributed by atoms with Gasteiger partial charge in [-0.25, -0.2) is 97.8 Å². The number of fused-ring (bicyclic) bond motifs is 10. The molecule has 0 radical (unpaired) electrons. The van der Waals surface area contributed by atoms with Gasteiger partial charge in [-0.05, 0) is 97.1 Å². The third-order valence-electron chi connectivity index (χ3n) is 14.9. The third kappa shape index (κ3) is 9.24. The lowest BCUT2D eigenvalue weighted by Gasteiger charge is -2.14. The number of rotatable bonds is 6. The van der Waals surface area contributed by atoms with Crippen LogP contribution in [0.2, 0.25) is 0 Å². The Kier molecular flexibility index (Phi) is 14.5. The second-order valence-electron chi connectivity index (χ2n) is 20.0. The number of nitrogens with one attached hydrogen (secondary N) is 4. The van der Waals surface area contributed by atoms with Gasteiger partial charge in [0.25, 0.3) is 0 Å². The summed E-state index contributed by atoms with van der Waals surface area (Å²) in [6, 6.07) is 16.5. The topological polar surface area (TPSA) is 114 Å². The number of nitrogens with zero attached hydrogens (tertiary/aromatic N) is 4. The standard InChI is InChI=1S/C64H24F20N8/c65-45-41(46(66)54(74)61(81)53(45)73)37-27-11-7-23(87-27)35(21-5-1-3-19-85-21)24-8-12-28(88-24)38(42-47(67)55(75)62(82)56(76)48(42)68)32-16-18-34(92-32)40(44-51(71)59(79)64(84)60(80)52(44)72)30-14-10-26(90-30)36(22-6-2-4-20-86-22)25-9-13-29(89-25)39(33-17-15-31(37)91-33)43-49(69)57(77)63(83)58(78)50(43)70/h1-20,87-90H. The van der Waals surface area contributed by atoms with Crippen LogP contribution >= 0.6 is 0 Å². The molecule has 460 valence electrons. The van der Waals surface area contributed by atoms with Crippen molar-refractivity contribution in [3.63, 3.8) is 0 Å². The van der Waals surface area contributed by atoms with Gasteiger partial charge in [-0.1, -0.05) is 12.1 Å². The average Bonchev–Trinajstić information content (AvgIpc) is 1.45. The number of hydrogen-bond acceptors (Lipinski definition) is 4. The Balaban J connectivity index is 1.23. The number of benzene rings is 4. The summed E-state index contributed by atoms with van der Waals surface area (Å²) in [5.41, 5.74) is -16.9. The summed E-state index contributed by atoms with van der Waals surface area (Å²) in [6.07, 6.45) is 5.61. The fourth-order valence-electron chi connectivity index (χ4n) is 10.8. The predicted octanol–water partition coefficient (Wildman–Crippen LogP) is 12.7. The van der Waals surface area contributed by atoms with Gasteiger partial charge in [0.15, 0.2) is 93.1 Å². The van der Waals surface area contributed by atoms with Crippen LogP contribution in [-0.4, -0.2) is 41.3 Å². The van der Waals surface area contributed by atoms with Crippen molar-refractivity contribution in [2.45, 2.75) is 0 Å². The molecule has 0 amide bonds. The van der Waals surface area contributed by atoms with E-state index in [9.17, 15) is 17.6 Å².